The van der Waals surface area contributed by atoms with Crippen LogP contribution in [-0.4, -0.2) is 32.1 Å². The predicted molar refractivity (Wildman–Crippen MR) is 64.0 cm³/mol. The standard InChI is InChI=1S/C11H10BrNO4/c1-16-9-3-2-7(4-8(9)12)13-5-10(14)17-11(15)6-13/h2-4H,5-6H2,1H3. The summed E-state index contributed by atoms with van der Waals surface area (Å²) in [5.74, 6) is -0.374. The van der Waals surface area contributed by atoms with E-state index in [-0.39, 0.29) is 13.1 Å². The average Bonchev–Trinajstić information content (AvgIpc) is 2.27. The topological polar surface area (TPSA) is 55.8 Å². The summed E-state index contributed by atoms with van der Waals surface area (Å²) in [6, 6.07) is 5.35. The molecule has 1 aliphatic heterocycles. The number of anilines is 1. The quantitative estimate of drug-likeness (QED) is 0.609. The Bertz CT molecular complexity index is 459. The highest BCUT2D eigenvalue weighted by Gasteiger charge is 2.25. The molecule has 0 aromatic heterocycles. The summed E-state index contributed by atoms with van der Waals surface area (Å²) in [5.41, 5.74) is 0.766. The van der Waals surface area contributed by atoms with Crippen LogP contribution >= 0.6 is 15.9 Å². The molecule has 1 aromatic rings. The van der Waals surface area contributed by atoms with Gasteiger partial charge in [-0.15, -0.1) is 0 Å². The fourth-order valence-corrected chi connectivity index (χ4v) is 2.12. The van der Waals surface area contributed by atoms with Crippen molar-refractivity contribution in [1.29, 1.82) is 0 Å². The lowest BCUT2D eigenvalue weighted by atomic mass is 10.2. The van der Waals surface area contributed by atoms with Gasteiger partial charge in [0.1, 0.15) is 18.8 Å². The lowest BCUT2D eigenvalue weighted by molar-refractivity contribution is -0.160. The molecule has 0 radical (unpaired) electrons. The zero-order chi connectivity index (χ0) is 12.4. The summed E-state index contributed by atoms with van der Waals surface area (Å²) in [6.07, 6.45) is 0. The molecule has 90 valence electrons. The third kappa shape index (κ3) is 2.58. The molecule has 1 aliphatic rings. The molecule has 2 rings (SSSR count). The Morgan fingerprint density at radius 3 is 2.47 bits per heavy atom. The van der Waals surface area contributed by atoms with Crippen LogP contribution in [0.3, 0.4) is 0 Å². The van der Waals surface area contributed by atoms with Crippen molar-refractivity contribution < 1.29 is 19.1 Å². The molecule has 1 saturated heterocycles. The van der Waals surface area contributed by atoms with E-state index in [1.54, 1.807) is 30.2 Å². The summed E-state index contributed by atoms with van der Waals surface area (Å²) in [4.78, 5) is 23.9. The second-order valence-electron chi connectivity index (χ2n) is 3.52. The van der Waals surface area contributed by atoms with Crippen molar-refractivity contribution in [2.75, 3.05) is 25.1 Å². The second-order valence-corrected chi connectivity index (χ2v) is 4.38. The third-order valence-corrected chi connectivity index (χ3v) is 2.99. The van der Waals surface area contributed by atoms with Gasteiger partial charge in [0.05, 0.1) is 11.6 Å². The van der Waals surface area contributed by atoms with Crippen molar-refractivity contribution in [3.63, 3.8) is 0 Å². The maximum Gasteiger partial charge on any atom is 0.333 e. The summed E-state index contributed by atoms with van der Waals surface area (Å²) in [7, 11) is 1.57. The van der Waals surface area contributed by atoms with Crippen molar-refractivity contribution >= 4 is 33.6 Å². The van der Waals surface area contributed by atoms with Crippen LogP contribution < -0.4 is 9.64 Å². The van der Waals surface area contributed by atoms with Crippen LogP contribution in [0.1, 0.15) is 0 Å². The molecule has 0 amide bonds. The SMILES string of the molecule is COc1ccc(N2CC(=O)OC(=O)C2)cc1Br. The van der Waals surface area contributed by atoms with E-state index in [9.17, 15) is 9.59 Å². The van der Waals surface area contributed by atoms with Crippen LogP contribution in [0.5, 0.6) is 5.75 Å². The van der Waals surface area contributed by atoms with E-state index in [1.165, 1.54) is 0 Å². The molecule has 0 saturated carbocycles. The number of morpholine rings is 1. The first kappa shape index (κ1) is 11.9. The first-order valence-corrected chi connectivity index (χ1v) is 5.71. The van der Waals surface area contributed by atoms with E-state index in [0.717, 1.165) is 10.2 Å². The zero-order valence-corrected chi connectivity index (χ0v) is 10.7. The van der Waals surface area contributed by atoms with E-state index in [2.05, 4.69) is 20.7 Å². The Hall–Kier alpha value is -1.56. The summed E-state index contributed by atoms with van der Waals surface area (Å²) >= 11 is 3.35. The summed E-state index contributed by atoms with van der Waals surface area (Å²) in [6.45, 7) is 0.148. The third-order valence-electron chi connectivity index (χ3n) is 2.37. The van der Waals surface area contributed by atoms with Crippen LogP contribution in [-0.2, 0) is 14.3 Å². The van der Waals surface area contributed by atoms with Crippen LogP contribution in [0.15, 0.2) is 22.7 Å². The number of benzene rings is 1. The average molecular weight is 300 g/mol. The van der Waals surface area contributed by atoms with Gasteiger partial charge in [-0.05, 0) is 34.1 Å². The molecule has 0 aliphatic carbocycles. The van der Waals surface area contributed by atoms with E-state index >= 15 is 0 Å². The van der Waals surface area contributed by atoms with E-state index in [0.29, 0.717) is 5.75 Å². The number of halogens is 1. The highest BCUT2D eigenvalue weighted by atomic mass is 79.9. The summed E-state index contributed by atoms with van der Waals surface area (Å²) < 4.78 is 10.3. The van der Waals surface area contributed by atoms with Gasteiger partial charge in [-0.25, -0.2) is 9.59 Å². The van der Waals surface area contributed by atoms with Gasteiger partial charge >= 0.3 is 11.9 Å². The minimum absolute atomic E-state index is 0.0739. The van der Waals surface area contributed by atoms with Crippen molar-refractivity contribution in [2.24, 2.45) is 0 Å². The first-order chi connectivity index (χ1) is 8.10. The Labute approximate surface area is 106 Å². The fraction of sp³-hybridized carbons (Fsp3) is 0.273. The first-order valence-electron chi connectivity index (χ1n) is 4.92. The van der Waals surface area contributed by atoms with Crippen LogP contribution in [0.2, 0.25) is 0 Å². The molecular weight excluding hydrogens is 290 g/mol. The molecule has 1 fully saturated rings. The molecule has 0 bridgehead atoms. The minimum atomic E-state index is -0.534. The normalized spacial score (nSPS) is 15.8. The highest BCUT2D eigenvalue weighted by molar-refractivity contribution is 9.10. The Balaban J connectivity index is 2.25. The van der Waals surface area contributed by atoms with Crippen LogP contribution in [0.4, 0.5) is 5.69 Å². The molecular formula is C11H10BrNO4. The monoisotopic (exact) mass is 299 g/mol. The molecule has 1 aromatic carbocycles. The summed E-state index contributed by atoms with van der Waals surface area (Å²) in [5, 5.41) is 0. The number of esters is 2. The van der Waals surface area contributed by atoms with E-state index in [1.807, 2.05) is 0 Å². The molecule has 6 heteroatoms. The van der Waals surface area contributed by atoms with Gasteiger partial charge in [0.2, 0.25) is 0 Å². The number of rotatable bonds is 2. The van der Waals surface area contributed by atoms with Crippen molar-refractivity contribution in [3.8, 4) is 5.75 Å². The number of hydrogen-bond donors (Lipinski definition) is 0. The molecule has 0 unspecified atom stereocenters. The fourth-order valence-electron chi connectivity index (χ4n) is 1.59. The van der Waals surface area contributed by atoms with Crippen LogP contribution in [0, 0.1) is 0 Å². The number of cyclic esters (lactones) is 2. The Morgan fingerprint density at radius 1 is 1.29 bits per heavy atom. The van der Waals surface area contributed by atoms with Gasteiger partial charge in [0, 0.05) is 5.69 Å². The molecule has 17 heavy (non-hydrogen) atoms. The minimum Gasteiger partial charge on any atom is -0.496 e. The molecule has 0 N–H and O–H groups in total. The van der Waals surface area contributed by atoms with Gasteiger partial charge in [0.15, 0.2) is 0 Å². The van der Waals surface area contributed by atoms with E-state index in [4.69, 9.17) is 4.74 Å². The molecule has 5 nitrogen and oxygen atoms in total. The van der Waals surface area contributed by atoms with E-state index < -0.39 is 11.9 Å². The maximum atomic E-state index is 11.1. The largest absolute Gasteiger partial charge is 0.496 e. The molecule has 0 spiro atoms. The number of ether oxygens (including phenoxy) is 2. The lowest BCUT2D eigenvalue weighted by Gasteiger charge is -2.26. The molecule has 1 heterocycles. The van der Waals surface area contributed by atoms with Crippen LogP contribution in [0.25, 0.3) is 0 Å². The predicted octanol–water partition coefficient (Wildman–Crippen LogP) is 1.35. The number of hydrogen-bond acceptors (Lipinski definition) is 5. The maximum absolute atomic E-state index is 11.1. The van der Waals surface area contributed by atoms with Gasteiger partial charge in [0.25, 0.3) is 0 Å². The molecule has 0 atom stereocenters. The Morgan fingerprint density at radius 2 is 1.94 bits per heavy atom. The number of nitrogens with zero attached hydrogens (tertiary/aromatic N) is 1. The van der Waals surface area contributed by atoms with Crippen molar-refractivity contribution in [1.82, 2.24) is 0 Å². The highest BCUT2D eigenvalue weighted by Crippen LogP contribution is 2.29. The van der Waals surface area contributed by atoms with Crippen molar-refractivity contribution in [2.45, 2.75) is 0 Å². The smallest absolute Gasteiger partial charge is 0.333 e. The second kappa shape index (κ2) is 4.75. The van der Waals surface area contributed by atoms with Gasteiger partial charge < -0.3 is 14.4 Å². The Kier molecular flexibility index (Phi) is 3.33. The van der Waals surface area contributed by atoms with Gasteiger partial charge in [-0.1, -0.05) is 0 Å². The number of carbonyl (C=O) groups excluding carboxylic acids is 2. The number of carbonyl (C=O) groups is 2. The number of methoxy groups -OCH3 is 1. The van der Waals surface area contributed by atoms with Gasteiger partial charge in [-0.3, -0.25) is 0 Å². The van der Waals surface area contributed by atoms with Crippen molar-refractivity contribution in [3.05, 3.63) is 22.7 Å². The zero-order valence-electron chi connectivity index (χ0n) is 9.10. The van der Waals surface area contributed by atoms with Gasteiger partial charge in [-0.2, -0.15) is 0 Å². The lowest BCUT2D eigenvalue weighted by Crippen LogP contribution is -2.42.